The fourth-order valence-electron chi connectivity index (χ4n) is 7.79. The topological polar surface area (TPSA) is 57.0 Å². The van der Waals surface area contributed by atoms with Gasteiger partial charge in [0.2, 0.25) is 0 Å². The Morgan fingerprint density at radius 1 is 0.435 bits per heavy atom. The second kappa shape index (κ2) is 9.13. The largest absolute Gasteiger partial charge is 0.307 e. The van der Waals surface area contributed by atoms with Crippen molar-refractivity contribution in [2.45, 2.75) is 0 Å². The predicted octanol–water partition coefficient (Wildman–Crippen LogP) is 10.4. The van der Waals surface area contributed by atoms with Gasteiger partial charge in [0.05, 0.1) is 33.3 Å². The van der Waals surface area contributed by atoms with Gasteiger partial charge in [-0.1, -0.05) is 127 Å². The Balaban J connectivity index is 1.37. The molecule has 0 atom stereocenters. The van der Waals surface area contributed by atoms with Crippen LogP contribution in [0.3, 0.4) is 0 Å². The maximum Gasteiger partial charge on any atom is 0.137 e. The third-order valence-electron chi connectivity index (χ3n) is 9.72. The molecule has 3 heterocycles. The van der Waals surface area contributed by atoms with Crippen LogP contribution in [0.25, 0.3) is 70.7 Å². The normalized spacial score (nSPS) is 12.1. The van der Waals surface area contributed by atoms with Crippen molar-refractivity contribution < 1.29 is 0 Å². The molecule has 0 bridgehead atoms. The average molecular weight is 587 g/mol. The molecule has 10 aromatic rings. The zero-order chi connectivity index (χ0) is 30.5. The van der Waals surface area contributed by atoms with Crippen molar-refractivity contribution in [3.05, 3.63) is 162 Å². The number of fused-ring (bicyclic) bond motifs is 12. The Morgan fingerprint density at radius 2 is 1.09 bits per heavy atom. The molecule has 0 unspecified atom stereocenters. The summed E-state index contributed by atoms with van der Waals surface area (Å²) >= 11 is 0. The quantitative estimate of drug-likeness (QED) is 0.153. The van der Waals surface area contributed by atoms with Crippen LogP contribution in [0.1, 0.15) is 16.7 Å². The lowest BCUT2D eigenvalue weighted by Crippen LogP contribution is -2.16. The number of para-hydroxylation sites is 2. The lowest BCUT2D eigenvalue weighted by atomic mass is 9.97. The number of nitrogens with one attached hydrogen (secondary N) is 2. The first-order valence-corrected chi connectivity index (χ1v) is 15.5. The van der Waals surface area contributed by atoms with Crippen LogP contribution in [0, 0.1) is 10.8 Å². The van der Waals surface area contributed by atoms with Crippen molar-refractivity contribution in [2.75, 3.05) is 0 Å². The summed E-state index contributed by atoms with van der Waals surface area (Å²) < 4.78 is 4.56. The summed E-state index contributed by atoms with van der Waals surface area (Å²) in [4.78, 5) is 0. The van der Waals surface area contributed by atoms with Gasteiger partial charge in [0.1, 0.15) is 5.84 Å². The standard InChI is InChI=1S/C42H26N4/c43-39(26-13-2-1-3-14-26)29-17-6-7-18-30(29)42(44)45-35-21-11-9-19-31(35)37-36(45)24-33-28-16-8-10-20-34(28)46-40-27-15-5-4-12-25(27)22-23-32(40)38(37)41(33)46/h1-24,43-44H. The van der Waals surface area contributed by atoms with Gasteiger partial charge in [-0.15, -0.1) is 0 Å². The molecule has 0 fully saturated rings. The summed E-state index contributed by atoms with van der Waals surface area (Å²) in [7, 11) is 0. The van der Waals surface area contributed by atoms with Gasteiger partial charge < -0.3 is 4.40 Å². The molecule has 7 aromatic carbocycles. The smallest absolute Gasteiger partial charge is 0.137 e. The molecule has 3 aromatic heterocycles. The highest BCUT2D eigenvalue weighted by atomic mass is 15.0. The minimum absolute atomic E-state index is 0.356. The number of rotatable bonds is 3. The summed E-state index contributed by atoms with van der Waals surface area (Å²) in [6, 6.07) is 50.2. The van der Waals surface area contributed by atoms with E-state index in [0.29, 0.717) is 11.5 Å². The Labute approximate surface area is 263 Å². The highest BCUT2D eigenvalue weighted by Crippen LogP contribution is 2.47. The Bertz CT molecular complexity index is 2890. The van der Waals surface area contributed by atoms with E-state index >= 15 is 0 Å². The molecule has 46 heavy (non-hydrogen) atoms. The molecule has 0 aliphatic carbocycles. The molecule has 214 valence electrons. The molecule has 2 N–H and O–H groups in total. The highest BCUT2D eigenvalue weighted by molar-refractivity contribution is 6.38. The number of benzene rings is 7. The first kappa shape index (κ1) is 25.1. The summed E-state index contributed by atoms with van der Waals surface area (Å²) in [5, 5.41) is 28.5. The zero-order valence-corrected chi connectivity index (χ0v) is 24.8. The predicted molar refractivity (Wildman–Crippen MR) is 193 cm³/mol. The maximum absolute atomic E-state index is 9.84. The van der Waals surface area contributed by atoms with E-state index in [1.165, 1.54) is 48.9 Å². The van der Waals surface area contributed by atoms with Gasteiger partial charge in [0, 0.05) is 54.4 Å². The lowest BCUT2D eigenvalue weighted by molar-refractivity contribution is 1.22. The molecule has 0 saturated carbocycles. The van der Waals surface area contributed by atoms with Crippen molar-refractivity contribution in [1.82, 2.24) is 8.97 Å². The third-order valence-corrected chi connectivity index (χ3v) is 9.72. The highest BCUT2D eigenvalue weighted by Gasteiger charge is 2.26. The van der Waals surface area contributed by atoms with Gasteiger partial charge >= 0.3 is 0 Å². The van der Waals surface area contributed by atoms with E-state index < -0.39 is 0 Å². The minimum atomic E-state index is 0.356. The SMILES string of the molecule is N=C(c1ccccc1)c1ccccc1C(=N)n1c2ccccc2c2c3c4ccc5ccccc5c4n4c5ccccc5c(cc21)c34. The number of aromatic nitrogens is 2. The molecule has 0 aliphatic rings. The molecule has 10 rings (SSSR count). The van der Waals surface area contributed by atoms with E-state index in [1.54, 1.807) is 0 Å². The molecule has 0 amide bonds. The van der Waals surface area contributed by atoms with Gasteiger partial charge in [-0.3, -0.25) is 15.4 Å². The summed E-state index contributed by atoms with van der Waals surface area (Å²) in [5.41, 5.74) is 8.32. The van der Waals surface area contributed by atoms with Crippen LogP contribution < -0.4 is 0 Å². The van der Waals surface area contributed by atoms with Crippen LogP contribution in [0.5, 0.6) is 0 Å². The Kier molecular flexibility index (Phi) is 4.98. The van der Waals surface area contributed by atoms with E-state index in [-0.39, 0.29) is 0 Å². The van der Waals surface area contributed by atoms with Crippen LogP contribution in [-0.2, 0) is 0 Å². The van der Waals surface area contributed by atoms with Crippen molar-refractivity contribution in [3.63, 3.8) is 0 Å². The summed E-state index contributed by atoms with van der Waals surface area (Å²) in [6.45, 7) is 0. The number of hydrogen-bond acceptors (Lipinski definition) is 2. The number of nitrogens with zero attached hydrogens (tertiary/aromatic N) is 2. The van der Waals surface area contributed by atoms with Gasteiger partial charge in [-0.2, -0.15) is 0 Å². The fraction of sp³-hybridized carbons (Fsp3) is 0. The monoisotopic (exact) mass is 586 g/mol. The molecule has 0 spiro atoms. The van der Waals surface area contributed by atoms with E-state index in [0.717, 1.165) is 38.5 Å². The molecule has 0 saturated heterocycles. The van der Waals surface area contributed by atoms with Crippen molar-refractivity contribution in [2.24, 2.45) is 0 Å². The molecular weight excluding hydrogens is 560 g/mol. The van der Waals surface area contributed by atoms with Gasteiger partial charge in [0.25, 0.3) is 0 Å². The summed E-state index contributed by atoms with van der Waals surface area (Å²) in [6.07, 6.45) is 0. The Hall–Kier alpha value is -6.26. The van der Waals surface area contributed by atoms with Gasteiger partial charge in [0.15, 0.2) is 0 Å². The van der Waals surface area contributed by atoms with Crippen LogP contribution >= 0.6 is 0 Å². The van der Waals surface area contributed by atoms with E-state index in [1.807, 2.05) is 54.6 Å². The third kappa shape index (κ3) is 3.17. The van der Waals surface area contributed by atoms with E-state index in [2.05, 4.69) is 100.0 Å². The minimum Gasteiger partial charge on any atom is -0.307 e. The van der Waals surface area contributed by atoms with E-state index in [9.17, 15) is 5.41 Å². The van der Waals surface area contributed by atoms with Crippen LogP contribution in [0.2, 0.25) is 0 Å². The lowest BCUT2D eigenvalue weighted by Gasteiger charge is -2.15. The van der Waals surface area contributed by atoms with Gasteiger partial charge in [-0.25, -0.2) is 0 Å². The van der Waals surface area contributed by atoms with Crippen molar-refractivity contribution >= 4 is 82.2 Å². The molecular formula is C42H26N4. The fourth-order valence-corrected chi connectivity index (χ4v) is 7.79. The summed E-state index contributed by atoms with van der Waals surface area (Å²) in [5.74, 6) is 0.356. The van der Waals surface area contributed by atoms with E-state index in [4.69, 9.17) is 5.41 Å². The maximum atomic E-state index is 9.84. The van der Waals surface area contributed by atoms with Crippen LogP contribution in [0.15, 0.2) is 146 Å². The van der Waals surface area contributed by atoms with Crippen molar-refractivity contribution in [3.8, 4) is 0 Å². The second-order valence-electron chi connectivity index (χ2n) is 12.1. The zero-order valence-electron chi connectivity index (χ0n) is 24.8. The molecule has 0 radical (unpaired) electrons. The van der Waals surface area contributed by atoms with Crippen LogP contribution in [-0.4, -0.2) is 20.5 Å². The number of hydrogen-bond donors (Lipinski definition) is 2. The molecule has 4 nitrogen and oxygen atoms in total. The molecule has 0 aliphatic heterocycles. The Morgan fingerprint density at radius 3 is 1.91 bits per heavy atom. The first-order chi connectivity index (χ1) is 22.7. The molecule has 4 heteroatoms. The van der Waals surface area contributed by atoms with Crippen molar-refractivity contribution in [1.29, 1.82) is 10.8 Å². The average Bonchev–Trinajstić information content (AvgIpc) is 3.76. The van der Waals surface area contributed by atoms with Crippen LogP contribution in [0.4, 0.5) is 0 Å². The van der Waals surface area contributed by atoms with Gasteiger partial charge in [-0.05, 0) is 23.6 Å². The second-order valence-corrected chi connectivity index (χ2v) is 12.1. The first-order valence-electron chi connectivity index (χ1n) is 15.5.